The van der Waals surface area contributed by atoms with Crippen LogP contribution in [0.4, 0.5) is 0 Å². The van der Waals surface area contributed by atoms with E-state index < -0.39 is 9.84 Å². The van der Waals surface area contributed by atoms with Crippen molar-refractivity contribution in [3.05, 3.63) is 0 Å². The van der Waals surface area contributed by atoms with Crippen LogP contribution < -0.4 is 5.73 Å². The molecule has 0 radical (unpaired) electrons. The number of sulfone groups is 1. The zero-order chi connectivity index (χ0) is 11.3. The first-order chi connectivity index (χ1) is 7.12. The Hall–Kier alpha value is -0.130. The van der Waals surface area contributed by atoms with Crippen LogP contribution in [0.15, 0.2) is 0 Å². The van der Waals surface area contributed by atoms with E-state index in [0.29, 0.717) is 45.4 Å². The summed E-state index contributed by atoms with van der Waals surface area (Å²) in [4.78, 5) is 0. The molecule has 1 aliphatic heterocycles. The third-order valence-corrected chi connectivity index (χ3v) is 5.94. The van der Waals surface area contributed by atoms with E-state index in [0.717, 1.165) is 0 Å². The molecule has 0 amide bonds. The molecule has 1 heterocycles. The monoisotopic (exact) mass is 235 g/mol. The van der Waals surface area contributed by atoms with Gasteiger partial charge in [0.1, 0.15) is 0 Å². The number of hydrogen-bond donors (Lipinski definition) is 1. The molecule has 1 unspecified atom stereocenters. The van der Waals surface area contributed by atoms with E-state index in [1.165, 1.54) is 0 Å². The van der Waals surface area contributed by atoms with Crippen molar-refractivity contribution < 1.29 is 13.2 Å². The summed E-state index contributed by atoms with van der Waals surface area (Å²) >= 11 is 0. The Labute approximate surface area is 92.1 Å². The van der Waals surface area contributed by atoms with Crippen LogP contribution in [-0.2, 0) is 14.6 Å². The molecule has 15 heavy (non-hydrogen) atoms. The molecular weight excluding hydrogens is 214 g/mol. The summed E-state index contributed by atoms with van der Waals surface area (Å²) in [7, 11) is -3.00. The molecule has 0 spiro atoms. The van der Waals surface area contributed by atoms with Crippen LogP contribution in [-0.4, -0.2) is 38.7 Å². The molecule has 1 rings (SSSR count). The molecule has 1 atom stereocenters. The fourth-order valence-electron chi connectivity index (χ4n) is 2.06. The van der Waals surface area contributed by atoms with Gasteiger partial charge in [0.05, 0.1) is 10.5 Å². The first-order valence-corrected chi connectivity index (χ1v) is 7.24. The number of nitrogens with two attached hydrogens (primary N) is 1. The van der Waals surface area contributed by atoms with Gasteiger partial charge in [-0.1, -0.05) is 6.92 Å². The largest absolute Gasteiger partial charge is 0.381 e. The quantitative estimate of drug-likeness (QED) is 0.762. The molecule has 2 N–H and O–H groups in total. The lowest BCUT2D eigenvalue weighted by atomic mass is 10.2. The molecule has 4 nitrogen and oxygen atoms in total. The topological polar surface area (TPSA) is 69.4 Å². The minimum atomic E-state index is -3.00. The standard InChI is InChI=1S/C10H21NO3S/c1-2-9(3-6-11)15(12,13)10-4-7-14-8-5-10/h9-10H,2-8,11H2,1H3. The van der Waals surface area contributed by atoms with E-state index in [4.69, 9.17) is 10.5 Å². The summed E-state index contributed by atoms with van der Waals surface area (Å²) in [5.74, 6) is 0. The average Bonchev–Trinajstić information content (AvgIpc) is 2.27. The van der Waals surface area contributed by atoms with Crippen LogP contribution >= 0.6 is 0 Å². The van der Waals surface area contributed by atoms with Gasteiger partial charge in [-0.2, -0.15) is 0 Å². The fraction of sp³-hybridized carbons (Fsp3) is 1.00. The Balaban J connectivity index is 2.69. The molecule has 0 saturated carbocycles. The van der Waals surface area contributed by atoms with Crippen molar-refractivity contribution in [2.45, 2.75) is 43.1 Å². The summed E-state index contributed by atoms with van der Waals surface area (Å²) in [6, 6.07) is 0. The normalized spacial score (nSPS) is 21.5. The Kier molecular flexibility index (Phi) is 5.02. The lowest BCUT2D eigenvalue weighted by molar-refractivity contribution is 0.0981. The van der Waals surface area contributed by atoms with E-state index in [-0.39, 0.29) is 10.5 Å². The van der Waals surface area contributed by atoms with Crippen LogP contribution in [0.5, 0.6) is 0 Å². The lowest BCUT2D eigenvalue weighted by Crippen LogP contribution is -2.37. The minimum Gasteiger partial charge on any atom is -0.381 e. The maximum atomic E-state index is 12.2. The second kappa shape index (κ2) is 5.82. The molecular formula is C10H21NO3S. The number of rotatable bonds is 5. The first-order valence-electron chi connectivity index (χ1n) is 5.63. The van der Waals surface area contributed by atoms with Crippen molar-refractivity contribution in [2.75, 3.05) is 19.8 Å². The van der Waals surface area contributed by atoms with Gasteiger partial charge in [0.2, 0.25) is 0 Å². The van der Waals surface area contributed by atoms with Crippen molar-refractivity contribution in [2.24, 2.45) is 5.73 Å². The summed E-state index contributed by atoms with van der Waals surface area (Å²) in [5, 5.41) is -0.464. The van der Waals surface area contributed by atoms with Gasteiger partial charge in [0.15, 0.2) is 9.84 Å². The van der Waals surface area contributed by atoms with Crippen LogP contribution in [0.1, 0.15) is 32.6 Å². The molecule has 0 bridgehead atoms. The Bertz CT molecular complexity index is 260. The molecule has 0 aromatic carbocycles. The molecule has 0 aromatic heterocycles. The molecule has 0 aliphatic carbocycles. The van der Waals surface area contributed by atoms with Crippen molar-refractivity contribution >= 4 is 9.84 Å². The second-order valence-corrected chi connectivity index (χ2v) is 6.52. The molecule has 1 aliphatic rings. The third kappa shape index (κ3) is 3.16. The van der Waals surface area contributed by atoms with Crippen molar-refractivity contribution in [1.29, 1.82) is 0 Å². The van der Waals surface area contributed by atoms with Gasteiger partial charge >= 0.3 is 0 Å². The number of hydrogen-bond acceptors (Lipinski definition) is 4. The van der Waals surface area contributed by atoms with Gasteiger partial charge in [-0.3, -0.25) is 0 Å². The second-order valence-electron chi connectivity index (χ2n) is 4.01. The van der Waals surface area contributed by atoms with E-state index >= 15 is 0 Å². The predicted octanol–water partition coefficient (Wildman–Crippen LogP) is 0.708. The SMILES string of the molecule is CCC(CCN)S(=O)(=O)C1CCOCC1. The number of ether oxygens (including phenoxy) is 1. The summed E-state index contributed by atoms with van der Waals surface area (Å²) in [6.07, 6.45) is 2.53. The molecule has 90 valence electrons. The van der Waals surface area contributed by atoms with E-state index in [1.807, 2.05) is 6.92 Å². The predicted molar refractivity (Wildman–Crippen MR) is 60.5 cm³/mol. The molecule has 0 aromatic rings. The van der Waals surface area contributed by atoms with E-state index in [1.54, 1.807) is 0 Å². The molecule has 1 saturated heterocycles. The van der Waals surface area contributed by atoms with Crippen LogP contribution in [0, 0.1) is 0 Å². The van der Waals surface area contributed by atoms with Crippen molar-refractivity contribution in [3.8, 4) is 0 Å². The molecule has 5 heteroatoms. The minimum absolute atomic E-state index is 0.206. The van der Waals surface area contributed by atoms with E-state index in [9.17, 15) is 8.42 Å². The fourth-order valence-corrected chi connectivity index (χ4v) is 4.39. The summed E-state index contributed by atoms with van der Waals surface area (Å²) in [5.41, 5.74) is 5.44. The van der Waals surface area contributed by atoms with Crippen LogP contribution in [0.2, 0.25) is 0 Å². The maximum absolute atomic E-state index is 12.2. The third-order valence-electron chi connectivity index (χ3n) is 3.04. The van der Waals surface area contributed by atoms with Crippen molar-refractivity contribution in [3.63, 3.8) is 0 Å². The van der Waals surface area contributed by atoms with Crippen LogP contribution in [0.3, 0.4) is 0 Å². The van der Waals surface area contributed by atoms with Gasteiger partial charge in [-0.05, 0) is 32.2 Å². The van der Waals surface area contributed by atoms with Gasteiger partial charge < -0.3 is 10.5 Å². The Morgan fingerprint density at radius 1 is 1.40 bits per heavy atom. The Morgan fingerprint density at radius 3 is 2.47 bits per heavy atom. The highest BCUT2D eigenvalue weighted by Crippen LogP contribution is 2.23. The zero-order valence-electron chi connectivity index (χ0n) is 9.31. The highest BCUT2D eigenvalue weighted by Gasteiger charge is 2.33. The lowest BCUT2D eigenvalue weighted by Gasteiger charge is -2.26. The Morgan fingerprint density at radius 2 is 2.00 bits per heavy atom. The first kappa shape index (κ1) is 12.9. The van der Waals surface area contributed by atoms with Gasteiger partial charge in [-0.25, -0.2) is 8.42 Å². The summed E-state index contributed by atoms with van der Waals surface area (Å²) < 4.78 is 29.6. The van der Waals surface area contributed by atoms with Gasteiger partial charge in [0.25, 0.3) is 0 Å². The summed E-state index contributed by atoms with van der Waals surface area (Å²) in [6.45, 7) is 3.50. The van der Waals surface area contributed by atoms with E-state index in [2.05, 4.69) is 0 Å². The highest BCUT2D eigenvalue weighted by molar-refractivity contribution is 7.92. The van der Waals surface area contributed by atoms with Crippen LogP contribution in [0.25, 0.3) is 0 Å². The average molecular weight is 235 g/mol. The zero-order valence-corrected chi connectivity index (χ0v) is 10.1. The highest BCUT2D eigenvalue weighted by atomic mass is 32.2. The van der Waals surface area contributed by atoms with Gasteiger partial charge in [0, 0.05) is 13.2 Å². The molecule has 1 fully saturated rings. The maximum Gasteiger partial charge on any atom is 0.156 e. The smallest absolute Gasteiger partial charge is 0.156 e. The van der Waals surface area contributed by atoms with Crippen molar-refractivity contribution in [1.82, 2.24) is 0 Å². The van der Waals surface area contributed by atoms with Gasteiger partial charge in [-0.15, -0.1) is 0 Å².